The van der Waals surface area contributed by atoms with E-state index in [4.69, 9.17) is 4.42 Å². The standard InChI is InChI=1S/C13H14N2O3S/c1-8-5-4-6-10(7-8)11-14-15-13(18-11)19-9(2)12(16)17-3/h4-7,9H,1-3H3/t9-/m1/s1. The van der Waals surface area contributed by atoms with E-state index in [1.165, 1.54) is 18.9 Å². The van der Waals surface area contributed by atoms with Crippen LogP contribution in [0.1, 0.15) is 12.5 Å². The first-order chi connectivity index (χ1) is 9.10. The highest BCUT2D eigenvalue weighted by Crippen LogP contribution is 2.26. The average molecular weight is 278 g/mol. The summed E-state index contributed by atoms with van der Waals surface area (Å²) in [7, 11) is 1.35. The van der Waals surface area contributed by atoms with Gasteiger partial charge in [-0.05, 0) is 26.0 Å². The predicted octanol–water partition coefficient (Wildman–Crippen LogP) is 2.70. The molecular formula is C13H14N2O3S. The molecule has 6 heteroatoms. The van der Waals surface area contributed by atoms with Crippen LogP contribution in [0.3, 0.4) is 0 Å². The minimum absolute atomic E-state index is 0.319. The molecule has 0 bridgehead atoms. The highest BCUT2D eigenvalue weighted by molar-refractivity contribution is 8.00. The predicted molar refractivity (Wildman–Crippen MR) is 71.8 cm³/mol. The van der Waals surface area contributed by atoms with Gasteiger partial charge in [-0.3, -0.25) is 4.79 Å². The number of nitrogens with zero attached hydrogens (tertiary/aromatic N) is 2. The molecule has 0 unspecified atom stereocenters. The maximum atomic E-state index is 11.3. The molecule has 0 aliphatic carbocycles. The number of carbonyl (C=O) groups excluding carboxylic acids is 1. The minimum Gasteiger partial charge on any atom is -0.468 e. The number of carbonyl (C=O) groups is 1. The van der Waals surface area contributed by atoms with E-state index in [-0.39, 0.29) is 11.2 Å². The van der Waals surface area contributed by atoms with Crippen LogP contribution in [0.2, 0.25) is 0 Å². The van der Waals surface area contributed by atoms with E-state index < -0.39 is 0 Å². The van der Waals surface area contributed by atoms with Crippen LogP contribution in [0.5, 0.6) is 0 Å². The summed E-state index contributed by atoms with van der Waals surface area (Å²) < 4.78 is 10.2. The van der Waals surface area contributed by atoms with Crippen LogP contribution in [-0.4, -0.2) is 28.5 Å². The first kappa shape index (κ1) is 13.6. The molecule has 0 amide bonds. The lowest BCUT2D eigenvalue weighted by Crippen LogP contribution is -2.14. The normalized spacial score (nSPS) is 12.2. The summed E-state index contributed by atoms with van der Waals surface area (Å²) in [6.07, 6.45) is 0. The van der Waals surface area contributed by atoms with Crippen molar-refractivity contribution in [2.75, 3.05) is 7.11 Å². The first-order valence-electron chi connectivity index (χ1n) is 5.75. The monoisotopic (exact) mass is 278 g/mol. The van der Waals surface area contributed by atoms with Gasteiger partial charge in [0.1, 0.15) is 5.25 Å². The molecule has 0 aliphatic rings. The van der Waals surface area contributed by atoms with Gasteiger partial charge in [0.15, 0.2) is 0 Å². The minimum atomic E-state index is -0.379. The molecule has 1 aromatic carbocycles. The fourth-order valence-electron chi connectivity index (χ4n) is 1.52. The number of esters is 1. The van der Waals surface area contributed by atoms with Gasteiger partial charge >= 0.3 is 5.97 Å². The van der Waals surface area contributed by atoms with Gasteiger partial charge in [-0.1, -0.05) is 29.5 Å². The van der Waals surface area contributed by atoms with Crippen molar-refractivity contribution in [2.45, 2.75) is 24.3 Å². The molecular weight excluding hydrogens is 264 g/mol. The number of hydrogen-bond donors (Lipinski definition) is 0. The second kappa shape index (κ2) is 5.88. The summed E-state index contributed by atoms with van der Waals surface area (Å²) in [4.78, 5) is 11.3. The summed E-state index contributed by atoms with van der Waals surface area (Å²) >= 11 is 1.18. The molecule has 1 atom stereocenters. The third kappa shape index (κ3) is 3.35. The summed E-state index contributed by atoms with van der Waals surface area (Å²) in [6, 6.07) is 7.79. The van der Waals surface area contributed by atoms with Crippen molar-refractivity contribution in [1.82, 2.24) is 10.2 Å². The zero-order chi connectivity index (χ0) is 13.8. The van der Waals surface area contributed by atoms with Crippen molar-refractivity contribution in [2.24, 2.45) is 0 Å². The number of aromatic nitrogens is 2. The number of methoxy groups -OCH3 is 1. The van der Waals surface area contributed by atoms with Gasteiger partial charge in [0, 0.05) is 5.56 Å². The molecule has 19 heavy (non-hydrogen) atoms. The maximum Gasteiger partial charge on any atom is 0.319 e. The summed E-state index contributed by atoms with van der Waals surface area (Å²) in [5.74, 6) is 0.128. The third-order valence-corrected chi connectivity index (χ3v) is 3.39. The van der Waals surface area contributed by atoms with Crippen molar-refractivity contribution in [3.8, 4) is 11.5 Å². The number of thioether (sulfide) groups is 1. The summed E-state index contributed by atoms with van der Waals surface area (Å²) in [6.45, 7) is 3.72. The molecule has 0 saturated carbocycles. The molecule has 1 aromatic heterocycles. The van der Waals surface area contributed by atoms with Gasteiger partial charge in [-0.2, -0.15) is 0 Å². The topological polar surface area (TPSA) is 65.2 Å². The largest absolute Gasteiger partial charge is 0.468 e. The van der Waals surface area contributed by atoms with E-state index >= 15 is 0 Å². The molecule has 0 N–H and O–H groups in total. The zero-order valence-corrected chi connectivity index (χ0v) is 11.7. The zero-order valence-electron chi connectivity index (χ0n) is 10.9. The Morgan fingerprint density at radius 1 is 1.42 bits per heavy atom. The lowest BCUT2D eigenvalue weighted by Gasteiger charge is -2.04. The van der Waals surface area contributed by atoms with Crippen molar-refractivity contribution >= 4 is 17.7 Å². The van der Waals surface area contributed by atoms with Crippen molar-refractivity contribution in [1.29, 1.82) is 0 Å². The third-order valence-electron chi connectivity index (χ3n) is 2.48. The highest BCUT2D eigenvalue weighted by atomic mass is 32.2. The van der Waals surface area contributed by atoms with Crippen molar-refractivity contribution in [3.05, 3.63) is 29.8 Å². The fraction of sp³-hybridized carbons (Fsp3) is 0.308. The van der Waals surface area contributed by atoms with E-state index in [1.807, 2.05) is 31.2 Å². The molecule has 1 heterocycles. The van der Waals surface area contributed by atoms with E-state index in [0.717, 1.165) is 11.1 Å². The Kier molecular flexibility index (Phi) is 4.21. The van der Waals surface area contributed by atoms with Crippen LogP contribution < -0.4 is 0 Å². The van der Waals surface area contributed by atoms with Gasteiger partial charge in [0.05, 0.1) is 7.11 Å². The van der Waals surface area contributed by atoms with E-state index in [9.17, 15) is 4.79 Å². The highest BCUT2D eigenvalue weighted by Gasteiger charge is 2.18. The lowest BCUT2D eigenvalue weighted by atomic mass is 10.1. The fourth-order valence-corrected chi connectivity index (χ4v) is 2.23. The summed E-state index contributed by atoms with van der Waals surface area (Å²) in [5.41, 5.74) is 1.98. The Hall–Kier alpha value is -1.82. The molecule has 0 spiro atoms. The van der Waals surface area contributed by atoms with Crippen molar-refractivity contribution < 1.29 is 13.9 Å². The van der Waals surface area contributed by atoms with E-state index in [1.54, 1.807) is 6.92 Å². The number of ether oxygens (including phenoxy) is 1. The van der Waals surface area contributed by atoms with Crippen LogP contribution in [0.4, 0.5) is 0 Å². The Morgan fingerprint density at radius 2 is 2.21 bits per heavy atom. The Labute approximate surface area is 115 Å². The molecule has 100 valence electrons. The average Bonchev–Trinajstić information content (AvgIpc) is 2.86. The Bertz CT molecular complexity index is 583. The Morgan fingerprint density at radius 3 is 2.89 bits per heavy atom. The summed E-state index contributed by atoms with van der Waals surface area (Å²) in [5, 5.41) is 7.87. The number of rotatable bonds is 4. The van der Waals surface area contributed by atoms with Crippen LogP contribution in [0.15, 0.2) is 33.9 Å². The van der Waals surface area contributed by atoms with Gasteiger partial charge in [-0.15, -0.1) is 10.2 Å². The quantitative estimate of drug-likeness (QED) is 0.633. The van der Waals surface area contributed by atoms with Crippen molar-refractivity contribution in [3.63, 3.8) is 0 Å². The lowest BCUT2D eigenvalue weighted by molar-refractivity contribution is -0.139. The van der Waals surface area contributed by atoms with E-state index in [0.29, 0.717) is 11.1 Å². The van der Waals surface area contributed by atoms with E-state index in [2.05, 4.69) is 14.9 Å². The molecule has 5 nitrogen and oxygen atoms in total. The molecule has 0 saturated heterocycles. The number of benzene rings is 1. The maximum absolute atomic E-state index is 11.3. The molecule has 0 aliphatic heterocycles. The smallest absolute Gasteiger partial charge is 0.319 e. The second-order valence-electron chi connectivity index (χ2n) is 4.03. The SMILES string of the molecule is COC(=O)[C@@H](C)Sc1nnc(-c2cccc(C)c2)o1. The van der Waals surface area contributed by atoms with Gasteiger partial charge in [0.25, 0.3) is 5.22 Å². The van der Waals surface area contributed by atoms with Gasteiger partial charge in [0.2, 0.25) is 5.89 Å². The second-order valence-corrected chi connectivity index (χ2v) is 5.32. The van der Waals surface area contributed by atoms with Crippen LogP contribution in [0.25, 0.3) is 11.5 Å². The first-order valence-corrected chi connectivity index (χ1v) is 6.63. The number of hydrogen-bond acceptors (Lipinski definition) is 6. The van der Waals surface area contributed by atoms with Crippen LogP contribution in [-0.2, 0) is 9.53 Å². The Balaban J connectivity index is 2.13. The number of aryl methyl sites for hydroxylation is 1. The van der Waals surface area contributed by atoms with Gasteiger partial charge < -0.3 is 9.15 Å². The molecule has 2 rings (SSSR count). The molecule has 0 fully saturated rings. The van der Waals surface area contributed by atoms with Crippen LogP contribution >= 0.6 is 11.8 Å². The molecule has 2 aromatic rings. The molecule has 0 radical (unpaired) electrons. The van der Waals surface area contributed by atoms with Gasteiger partial charge in [-0.25, -0.2) is 0 Å². The van der Waals surface area contributed by atoms with Crippen LogP contribution in [0, 0.1) is 6.92 Å².